The Morgan fingerprint density at radius 2 is 1.86 bits per heavy atom. The fourth-order valence-electron chi connectivity index (χ4n) is 2.34. The molecular weight excluding hydrogens is 181 g/mol. The van der Waals surface area contributed by atoms with Gasteiger partial charge in [-0.1, -0.05) is 0 Å². The number of aromatic amines is 1. The Kier molecular flexibility index (Phi) is 1.60. The van der Waals surface area contributed by atoms with Crippen molar-refractivity contribution in [3.63, 3.8) is 0 Å². The maximum Gasteiger partial charge on any atom is 0.188 e. The molecule has 0 amide bonds. The minimum absolute atomic E-state index is 0.0197. The van der Waals surface area contributed by atoms with E-state index in [4.69, 9.17) is 5.73 Å². The molecular formula is C10H14FN3. The molecule has 1 aromatic rings. The third-order valence-electron chi connectivity index (χ3n) is 3.35. The Labute approximate surface area is 81.9 Å². The van der Waals surface area contributed by atoms with Crippen LogP contribution in [0.5, 0.6) is 0 Å². The zero-order chi connectivity index (χ0) is 9.71. The van der Waals surface area contributed by atoms with Crippen LogP contribution < -0.4 is 5.73 Å². The van der Waals surface area contributed by atoms with Crippen LogP contribution in [-0.2, 0) is 0 Å². The minimum Gasteiger partial charge on any atom is -0.380 e. The minimum atomic E-state index is -0.311. The maximum absolute atomic E-state index is 13.6. The molecule has 0 aromatic carbocycles. The highest BCUT2D eigenvalue weighted by Crippen LogP contribution is 2.54. The van der Waals surface area contributed by atoms with E-state index in [-0.39, 0.29) is 11.6 Å². The normalized spacial score (nSPS) is 21.9. The smallest absolute Gasteiger partial charge is 0.188 e. The number of nitrogens with zero attached hydrogens (tertiary/aromatic N) is 1. The zero-order valence-electron chi connectivity index (χ0n) is 7.96. The highest BCUT2D eigenvalue weighted by atomic mass is 19.1. The van der Waals surface area contributed by atoms with E-state index in [9.17, 15) is 4.39 Å². The molecule has 3 nitrogen and oxygen atoms in total. The van der Waals surface area contributed by atoms with Gasteiger partial charge >= 0.3 is 0 Å². The summed E-state index contributed by atoms with van der Waals surface area (Å²) in [5.41, 5.74) is 6.06. The van der Waals surface area contributed by atoms with Crippen LogP contribution in [0.15, 0.2) is 0 Å². The second-order valence-electron chi connectivity index (χ2n) is 4.54. The number of anilines is 1. The van der Waals surface area contributed by atoms with Gasteiger partial charge < -0.3 is 5.73 Å². The Balaban J connectivity index is 1.93. The van der Waals surface area contributed by atoms with Crippen molar-refractivity contribution in [3.8, 4) is 0 Å². The number of nitrogen functional groups attached to an aromatic ring is 1. The van der Waals surface area contributed by atoms with E-state index in [0.29, 0.717) is 23.4 Å². The topological polar surface area (TPSA) is 54.7 Å². The molecule has 0 aliphatic heterocycles. The Hall–Kier alpha value is -1.06. The molecule has 0 bridgehead atoms. The lowest BCUT2D eigenvalue weighted by molar-refractivity contribution is 0.490. The summed E-state index contributed by atoms with van der Waals surface area (Å²) in [6.45, 7) is 0. The number of hydrogen-bond donors (Lipinski definition) is 2. The van der Waals surface area contributed by atoms with Crippen LogP contribution in [0.3, 0.4) is 0 Å². The molecule has 0 radical (unpaired) electrons. The molecule has 1 heterocycles. The van der Waals surface area contributed by atoms with Gasteiger partial charge in [-0.15, -0.1) is 0 Å². The summed E-state index contributed by atoms with van der Waals surface area (Å²) >= 11 is 0. The van der Waals surface area contributed by atoms with Crippen molar-refractivity contribution in [1.82, 2.24) is 10.2 Å². The molecule has 2 aliphatic carbocycles. The Bertz CT molecular complexity index is 340. The van der Waals surface area contributed by atoms with Crippen LogP contribution in [0.2, 0.25) is 0 Å². The van der Waals surface area contributed by atoms with E-state index in [1.807, 2.05) is 0 Å². The van der Waals surface area contributed by atoms with Crippen LogP contribution in [0.4, 0.5) is 10.2 Å². The summed E-state index contributed by atoms with van der Waals surface area (Å²) in [6.07, 6.45) is 4.94. The van der Waals surface area contributed by atoms with Gasteiger partial charge in [-0.25, -0.2) is 4.39 Å². The third-order valence-corrected chi connectivity index (χ3v) is 3.35. The summed E-state index contributed by atoms with van der Waals surface area (Å²) in [4.78, 5) is 0. The van der Waals surface area contributed by atoms with Gasteiger partial charge in [0.25, 0.3) is 0 Å². The zero-order valence-corrected chi connectivity index (χ0v) is 7.96. The third kappa shape index (κ3) is 1.21. The standard InChI is InChI=1S/C10H14FN3/c11-8-9(13-14-10(8)12)7(5-1-2-5)6-3-4-6/h5-7H,1-4H2,(H3,12,13,14). The average Bonchev–Trinajstić information content (AvgIpc) is 3.02. The van der Waals surface area contributed by atoms with Gasteiger partial charge in [0.05, 0.1) is 5.69 Å². The van der Waals surface area contributed by atoms with Crippen LogP contribution in [0, 0.1) is 17.7 Å². The van der Waals surface area contributed by atoms with Crippen molar-refractivity contribution >= 4 is 5.82 Å². The first kappa shape index (κ1) is 8.26. The SMILES string of the molecule is Nc1n[nH]c(C(C2CC2)C2CC2)c1F. The van der Waals surface area contributed by atoms with Gasteiger partial charge in [-0.05, 0) is 37.5 Å². The van der Waals surface area contributed by atoms with Crippen LogP contribution in [-0.4, -0.2) is 10.2 Å². The van der Waals surface area contributed by atoms with E-state index in [1.54, 1.807) is 0 Å². The molecule has 0 unspecified atom stereocenters. The lowest BCUT2D eigenvalue weighted by atomic mass is 9.94. The molecule has 3 N–H and O–H groups in total. The van der Waals surface area contributed by atoms with Gasteiger partial charge in [-0.3, -0.25) is 5.10 Å². The molecule has 0 spiro atoms. The molecule has 14 heavy (non-hydrogen) atoms. The van der Waals surface area contributed by atoms with Gasteiger partial charge in [-0.2, -0.15) is 5.10 Å². The number of nitrogens with one attached hydrogen (secondary N) is 1. The summed E-state index contributed by atoms with van der Waals surface area (Å²) in [5.74, 6) is 1.42. The van der Waals surface area contributed by atoms with E-state index in [0.717, 1.165) is 0 Å². The summed E-state index contributed by atoms with van der Waals surface area (Å²) in [5, 5.41) is 6.50. The molecule has 2 saturated carbocycles. The first-order valence-corrected chi connectivity index (χ1v) is 5.26. The van der Waals surface area contributed by atoms with E-state index < -0.39 is 0 Å². The number of halogens is 1. The quantitative estimate of drug-likeness (QED) is 0.775. The summed E-state index contributed by atoms with van der Waals surface area (Å²) in [7, 11) is 0. The maximum atomic E-state index is 13.6. The monoisotopic (exact) mass is 195 g/mol. The number of aromatic nitrogens is 2. The largest absolute Gasteiger partial charge is 0.380 e. The lowest BCUT2D eigenvalue weighted by Gasteiger charge is -2.12. The fraction of sp³-hybridized carbons (Fsp3) is 0.700. The molecule has 0 atom stereocenters. The van der Waals surface area contributed by atoms with Crippen molar-refractivity contribution in [1.29, 1.82) is 0 Å². The van der Waals surface area contributed by atoms with E-state index in [1.165, 1.54) is 25.7 Å². The second-order valence-corrected chi connectivity index (χ2v) is 4.54. The Morgan fingerprint density at radius 1 is 1.29 bits per heavy atom. The van der Waals surface area contributed by atoms with Gasteiger partial charge in [0.1, 0.15) is 0 Å². The second kappa shape index (κ2) is 2.72. The predicted octanol–water partition coefficient (Wildman–Crippen LogP) is 2.03. The van der Waals surface area contributed by atoms with E-state index >= 15 is 0 Å². The number of hydrogen-bond acceptors (Lipinski definition) is 2. The Morgan fingerprint density at radius 3 is 2.21 bits per heavy atom. The van der Waals surface area contributed by atoms with Gasteiger partial charge in [0.15, 0.2) is 11.6 Å². The highest BCUT2D eigenvalue weighted by molar-refractivity contribution is 5.34. The first-order chi connectivity index (χ1) is 6.77. The molecule has 76 valence electrons. The van der Waals surface area contributed by atoms with Crippen molar-refractivity contribution < 1.29 is 4.39 Å². The van der Waals surface area contributed by atoms with Crippen LogP contribution in [0.1, 0.15) is 37.3 Å². The van der Waals surface area contributed by atoms with Crippen molar-refractivity contribution in [2.75, 3.05) is 5.73 Å². The summed E-state index contributed by atoms with van der Waals surface area (Å²) < 4.78 is 13.6. The van der Waals surface area contributed by atoms with Crippen LogP contribution >= 0.6 is 0 Å². The average molecular weight is 195 g/mol. The molecule has 2 fully saturated rings. The molecule has 4 heteroatoms. The van der Waals surface area contributed by atoms with Gasteiger partial charge in [0, 0.05) is 5.92 Å². The van der Waals surface area contributed by atoms with Crippen molar-refractivity contribution in [2.45, 2.75) is 31.6 Å². The predicted molar refractivity (Wildman–Crippen MR) is 51.1 cm³/mol. The molecule has 1 aromatic heterocycles. The lowest BCUT2D eigenvalue weighted by Crippen LogP contribution is -2.06. The fourth-order valence-corrected chi connectivity index (χ4v) is 2.34. The number of rotatable bonds is 3. The number of H-pyrrole nitrogens is 1. The molecule has 2 aliphatic rings. The van der Waals surface area contributed by atoms with Crippen molar-refractivity contribution in [3.05, 3.63) is 11.5 Å². The molecule has 3 rings (SSSR count). The van der Waals surface area contributed by atoms with E-state index in [2.05, 4.69) is 10.2 Å². The van der Waals surface area contributed by atoms with Crippen molar-refractivity contribution in [2.24, 2.45) is 11.8 Å². The van der Waals surface area contributed by atoms with Gasteiger partial charge in [0.2, 0.25) is 0 Å². The first-order valence-electron chi connectivity index (χ1n) is 5.26. The number of nitrogens with two attached hydrogens (primary N) is 1. The molecule has 0 saturated heterocycles. The summed E-state index contributed by atoms with van der Waals surface area (Å²) in [6, 6.07) is 0. The highest BCUT2D eigenvalue weighted by Gasteiger charge is 2.44. The van der Waals surface area contributed by atoms with Crippen LogP contribution in [0.25, 0.3) is 0 Å².